The molecule has 2 aliphatic carbocycles. The van der Waals surface area contributed by atoms with Crippen LogP contribution in [0.15, 0.2) is 169 Å². The van der Waals surface area contributed by atoms with E-state index in [2.05, 4.69) is 190 Å². The van der Waals surface area contributed by atoms with Gasteiger partial charge >= 0.3 is 217 Å². The van der Waals surface area contributed by atoms with Gasteiger partial charge in [0.15, 0.2) is 0 Å². The number of aryl methyl sites for hydroxylation is 3. The quantitative estimate of drug-likeness (QED) is 0.138. The first-order valence-electron chi connectivity index (χ1n) is 16.9. The van der Waals surface area contributed by atoms with Crippen molar-refractivity contribution < 1.29 is 23.2 Å². The third-order valence-corrected chi connectivity index (χ3v) is 17.7. The van der Waals surface area contributed by atoms with Gasteiger partial charge in [-0.1, -0.05) is 60.7 Å². The molecule has 0 N–H and O–H groups in total. The molecule has 0 aliphatic heterocycles. The molecular weight excluding hydrogens is 675 g/mol. The van der Waals surface area contributed by atoms with Crippen molar-refractivity contribution >= 4 is 26.0 Å². The third kappa shape index (κ3) is 7.25. The van der Waals surface area contributed by atoms with Crippen LogP contribution in [-0.4, -0.2) is 0 Å². The van der Waals surface area contributed by atoms with Gasteiger partial charge in [-0.2, -0.15) is 0 Å². The van der Waals surface area contributed by atoms with E-state index in [0.717, 1.165) is 21.4 Å². The van der Waals surface area contributed by atoms with Crippen molar-refractivity contribution in [2.24, 2.45) is 0 Å². The fourth-order valence-corrected chi connectivity index (χ4v) is 15.1. The third-order valence-electron chi connectivity index (χ3n) is 9.50. The molecule has 0 fully saturated rings. The second-order valence-corrected chi connectivity index (χ2v) is 19.7. The summed E-state index contributed by atoms with van der Waals surface area (Å²) in [6, 6.07) is 57.2. The molecule has 0 saturated heterocycles. The van der Waals surface area contributed by atoms with Crippen LogP contribution in [0.1, 0.15) is 49.5 Å². The zero-order valence-corrected chi connectivity index (χ0v) is 31.2. The Kier molecular flexibility index (Phi) is 10.3. The minimum atomic E-state index is -0.988. The molecule has 0 nitrogen and oxygen atoms in total. The van der Waals surface area contributed by atoms with E-state index in [0.29, 0.717) is 3.63 Å². The molecule has 8 rings (SSSR count). The van der Waals surface area contributed by atoms with Crippen molar-refractivity contribution in [3.63, 3.8) is 0 Å². The molecule has 0 bridgehead atoms. The van der Waals surface area contributed by atoms with Gasteiger partial charge in [-0.05, 0) is 24.0 Å². The molecule has 0 radical (unpaired) electrons. The molecule has 0 saturated carbocycles. The maximum absolute atomic E-state index is 2.58. The predicted molar refractivity (Wildman–Crippen MR) is 205 cm³/mol. The normalized spacial score (nSPS) is 17.4. The van der Waals surface area contributed by atoms with E-state index in [1.807, 2.05) is 0 Å². The zero-order chi connectivity index (χ0) is 32.8. The van der Waals surface area contributed by atoms with Crippen LogP contribution in [0.5, 0.6) is 0 Å². The summed E-state index contributed by atoms with van der Waals surface area (Å²) in [5, 5.41) is 1.52. The van der Waals surface area contributed by atoms with E-state index < -0.39 is 23.2 Å². The molecule has 2 aliphatic rings. The van der Waals surface area contributed by atoms with Crippen LogP contribution in [-0.2, 0) is 38.9 Å². The Morgan fingerprint density at radius 1 is 0.604 bits per heavy atom. The van der Waals surface area contributed by atoms with Gasteiger partial charge in [-0.15, -0.1) is 0 Å². The van der Waals surface area contributed by atoms with Gasteiger partial charge < -0.3 is 0 Å². The molecule has 0 heterocycles. The maximum atomic E-state index is 2.58. The van der Waals surface area contributed by atoms with Crippen molar-refractivity contribution in [1.82, 2.24) is 0 Å². The standard InChI is InChI=1S/C16H14P.C16H13.C14H14.Zr/c1-12-6-2-5-9-15(12)17-16-11-10-13-7-3-4-8-14(13)16;1-12-10-14-8-5-9-15(16(14)11-12)13-6-3-2-4-7-13;1-3-7-13(8-4-1)11-12-14-9-5-2-6-10-14;/h2-11,17H,1H3;2-11H,1H3;1-10H,11-12H2;. The Morgan fingerprint density at radius 2 is 1.21 bits per heavy atom. The van der Waals surface area contributed by atoms with Crippen molar-refractivity contribution in [1.29, 1.82) is 0 Å². The number of benzene rings is 6. The zero-order valence-electron chi connectivity index (χ0n) is 27.7. The number of hydrogen-bond donors (Lipinski definition) is 0. The van der Waals surface area contributed by atoms with Crippen LogP contribution in [0.25, 0.3) is 23.3 Å². The minimum Gasteiger partial charge on any atom is -0.0622 e. The Bertz CT molecular complexity index is 2010. The van der Waals surface area contributed by atoms with Gasteiger partial charge in [0.2, 0.25) is 0 Å². The Labute approximate surface area is 300 Å². The van der Waals surface area contributed by atoms with Crippen LogP contribution in [0.2, 0.25) is 0 Å². The average molecular weight is 716 g/mol. The van der Waals surface area contributed by atoms with Crippen LogP contribution >= 0.6 is 8.58 Å². The molecule has 6 aromatic carbocycles. The van der Waals surface area contributed by atoms with Crippen LogP contribution in [0.3, 0.4) is 0 Å². The number of hydrogen-bond acceptors (Lipinski definition) is 0. The van der Waals surface area contributed by atoms with Gasteiger partial charge in [0.25, 0.3) is 0 Å². The predicted octanol–water partition coefficient (Wildman–Crippen LogP) is 11.6. The summed E-state index contributed by atoms with van der Waals surface area (Å²) in [5.41, 5.74) is 14.5. The summed E-state index contributed by atoms with van der Waals surface area (Å²) >= 11 is -0.988. The van der Waals surface area contributed by atoms with E-state index in [1.165, 1.54) is 44.2 Å². The number of fused-ring (bicyclic) bond motifs is 2. The fourth-order valence-electron chi connectivity index (χ4n) is 6.92. The summed E-state index contributed by atoms with van der Waals surface area (Å²) in [7, 11) is 0.779. The summed E-state index contributed by atoms with van der Waals surface area (Å²) < 4.78 is 0.783. The molecule has 3 unspecified atom stereocenters. The van der Waals surface area contributed by atoms with Crippen molar-refractivity contribution in [2.45, 2.75) is 33.2 Å². The minimum absolute atomic E-state index is 0.191. The summed E-state index contributed by atoms with van der Waals surface area (Å²) in [4.78, 5) is 0. The molecule has 3 atom stereocenters. The van der Waals surface area contributed by atoms with Gasteiger partial charge in [0.1, 0.15) is 0 Å². The Balaban J connectivity index is 0.000000218. The summed E-state index contributed by atoms with van der Waals surface area (Å²) in [6.07, 6.45) is 9.73. The van der Waals surface area contributed by atoms with Gasteiger partial charge in [0.05, 0.1) is 0 Å². The number of allylic oxidation sites excluding steroid dienone is 2. The Morgan fingerprint density at radius 3 is 1.90 bits per heavy atom. The van der Waals surface area contributed by atoms with Gasteiger partial charge in [-0.3, -0.25) is 0 Å². The van der Waals surface area contributed by atoms with Crippen molar-refractivity contribution in [3.8, 4) is 11.1 Å². The van der Waals surface area contributed by atoms with Gasteiger partial charge in [0, 0.05) is 0 Å². The molecule has 234 valence electrons. The summed E-state index contributed by atoms with van der Waals surface area (Å²) in [5.74, 6) is 0. The number of rotatable bonds is 8. The monoisotopic (exact) mass is 714 g/mol. The first-order valence-corrected chi connectivity index (χ1v) is 20.6. The molecular formula is C46H41PZr. The van der Waals surface area contributed by atoms with E-state index in [-0.39, 0.29) is 2.86 Å². The first-order chi connectivity index (χ1) is 23.6. The van der Waals surface area contributed by atoms with E-state index in [9.17, 15) is 0 Å². The molecule has 0 spiro atoms. The molecule has 0 aromatic heterocycles. The first kappa shape index (κ1) is 32.7. The van der Waals surface area contributed by atoms with Crippen molar-refractivity contribution in [3.05, 3.63) is 208 Å². The fraction of sp³-hybridized carbons (Fsp3) is 0.130. The molecule has 0 amide bonds. The van der Waals surface area contributed by atoms with E-state index >= 15 is 0 Å². The molecule has 2 heteroatoms. The Hall–Kier alpha value is -3.89. The van der Waals surface area contributed by atoms with Crippen LogP contribution < -0.4 is 5.30 Å². The van der Waals surface area contributed by atoms with Gasteiger partial charge in [-0.25, -0.2) is 0 Å². The second-order valence-electron chi connectivity index (χ2n) is 12.8. The second kappa shape index (κ2) is 15.1. The smallest absolute Gasteiger partial charge is 0.0238 e. The SMILES string of the molecule is CC1=Cc2c(-c3ccccc3)cccc2[CH]1[Zr][C]1(Pc2ccccc2C)C=Cc2ccccc21.c1ccc(CCc2ccccc2)cc1. The molecule has 6 aromatic rings. The van der Waals surface area contributed by atoms with Crippen LogP contribution in [0.4, 0.5) is 0 Å². The largest absolute Gasteiger partial charge is 0.0622 e. The van der Waals surface area contributed by atoms with E-state index in [4.69, 9.17) is 0 Å². The average Bonchev–Trinajstić information content (AvgIpc) is 3.66. The van der Waals surface area contributed by atoms with Crippen LogP contribution in [0, 0.1) is 6.92 Å². The van der Waals surface area contributed by atoms with Crippen molar-refractivity contribution in [2.75, 3.05) is 0 Å². The maximum Gasteiger partial charge on any atom is -0.0238 e. The topological polar surface area (TPSA) is 0 Å². The van der Waals surface area contributed by atoms with E-state index in [1.54, 1.807) is 16.7 Å². The summed E-state index contributed by atoms with van der Waals surface area (Å²) in [6.45, 7) is 4.64. The molecule has 48 heavy (non-hydrogen) atoms.